The number of amides is 1. The number of ether oxygens (including phenoxy) is 1. The van der Waals surface area contributed by atoms with Gasteiger partial charge in [-0.2, -0.15) is 0 Å². The Kier molecular flexibility index (Phi) is 4.01. The number of hydrogen-bond acceptors (Lipinski definition) is 5. The van der Waals surface area contributed by atoms with Crippen molar-refractivity contribution >= 4 is 11.9 Å². The second-order valence-electron chi connectivity index (χ2n) is 5.50. The third-order valence-corrected chi connectivity index (χ3v) is 4.16. The highest BCUT2D eigenvalue weighted by atomic mass is 19.1. The fraction of sp³-hybridized carbons (Fsp3) is 0.643. The molecule has 1 amide bonds. The number of hydrogen-bond donors (Lipinski definition) is 0. The molecule has 2 aliphatic rings. The van der Waals surface area contributed by atoms with Gasteiger partial charge in [-0.25, -0.2) is 14.4 Å². The first-order valence-corrected chi connectivity index (χ1v) is 7.25. The van der Waals surface area contributed by atoms with Gasteiger partial charge in [0.1, 0.15) is 6.04 Å². The molecular formula is C14H19FN4O2. The summed E-state index contributed by atoms with van der Waals surface area (Å²) in [4.78, 5) is 24.4. The van der Waals surface area contributed by atoms with Crippen LogP contribution in [0, 0.1) is 5.82 Å². The Balaban J connectivity index is 1.81. The van der Waals surface area contributed by atoms with Gasteiger partial charge in [0.25, 0.3) is 0 Å². The number of rotatable bonds is 3. The van der Waals surface area contributed by atoms with E-state index in [0.29, 0.717) is 18.9 Å². The van der Waals surface area contributed by atoms with Crippen molar-refractivity contribution in [2.45, 2.75) is 31.4 Å². The van der Waals surface area contributed by atoms with Gasteiger partial charge in [0, 0.05) is 33.2 Å². The Hall–Kier alpha value is -1.76. The largest absolute Gasteiger partial charge is 0.380 e. The van der Waals surface area contributed by atoms with Gasteiger partial charge in [0.05, 0.1) is 18.5 Å². The van der Waals surface area contributed by atoms with Crippen molar-refractivity contribution in [1.29, 1.82) is 0 Å². The zero-order valence-corrected chi connectivity index (χ0v) is 12.0. The van der Waals surface area contributed by atoms with Crippen molar-refractivity contribution in [1.82, 2.24) is 14.9 Å². The monoisotopic (exact) mass is 294 g/mol. The van der Waals surface area contributed by atoms with Crippen LogP contribution in [0.5, 0.6) is 0 Å². The average Bonchev–Trinajstić information content (AvgIpc) is 3.17. The predicted molar refractivity (Wildman–Crippen MR) is 74.4 cm³/mol. The molecular weight excluding hydrogens is 275 g/mol. The summed E-state index contributed by atoms with van der Waals surface area (Å²) in [6, 6.07) is -0.321. The minimum Gasteiger partial charge on any atom is -0.380 e. The molecule has 21 heavy (non-hydrogen) atoms. The number of aromatic nitrogens is 2. The first-order chi connectivity index (χ1) is 10.2. The highest BCUT2D eigenvalue weighted by Crippen LogP contribution is 2.26. The highest BCUT2D eigenvalue weighted by molar-refractivity contribution is 5.85. The van der Waals surface area contributed by atoms with Crippen molar-refractivity contribution < 1.29 is 13.9 Å². The zero-order chi connectivity index (χ0) is 14.8. The van der Waals surface area contributed by atoms with Crippen LogP contribution >= 0.6 is 0 Å². The first kappa shape index (κ1) is 14.2. The maximum absolute atomic E-state index is 13.0. The van der Waals surface area contributed by atoms with Crippen LogP contribution in [0.1, 0.15) is 19.3 Å². The van der Waals surface area contributed by atoms with Crippen molar-refractivity contribution in [2.75, 3.05) is 31.6 Å². The Morgan fingerprint density at radius 1 is 1.33 bits per heavy atom. The summed E-state index contributed by atoms with van der Waals surface area (Å²) in [5.41, 5.74) is 0. The van der Waals surface area contributed by atoms with Gasteiger partial charge in [-0.15, -0.1) is 0 Å². The summed E-state index contributed by atoms with van der Waals surface area (Å²) in [6.45, 7) is 2.17. The van der Waals surface area contributed by atoms with Crippen molar-refractivity contribution in [3.05, 3.63) is 18.2 Å². The van der Waals surface area contributed by atoms with Gasteiger partial charge < -0.3 is 14.5 Å². The fourth-order valence-electron chi connectivity index (χ4n) is 3.03. The molecule has 2 aliphatic heterocycles. The Bertz CT molecular complexity index is 504. The van der Waals surface area contributed by atoms with E-state index in [9.17, 15) is 9.18 Å². The van der Waals surface area contributed by atoms with Crippen LogP contribution in [0.2, 0.25) is 0 Å². The molecule has 0 aliphatic carbocycles. The number of methoxy groups -OCH3 is 1. The molecule has 0 spiro atoms. The Morgan fingerprint density at radius 2 is 2.00 bits per heavy atom. The lowest BCUT2D eigenvalue weighted by Gasteiger charge is -2.27. The van der Waals surface area contributed by atoms with Crippen molar-refractivity contribution in [3.63, 3.8) is 0 Å². The zero-order valence-electron chi connectivity index (χ0n) is 12.0. The van der Waals surface area contributed by atoms with E-state index in [1.165, 1.54) is 0 Å². The molecule has 6 nitrogen and oxygen atoms in total. The van der Waals surface area contributed by atoms with E-state index in [-0.39, 0.29) is 18.1 Å². The van der Waals surface area contributed by atoms with Gasteiger partial charge >= 0.3 is 0 Å². The first-order valence-electron chi connectivity index (χ1n) is 7.25. The quantitative estimate of drug-likeness (QED) is 0.826. The van der Waals surface area contributed by atoms with E-state index in [1.807, 2.05) is 9.80 Å². The Labute approximate surface area is 122 Å². The molecule has 0 N–H and O–H groups in total. The number of likely N-dealkylation sites (tertiary alicyclic amines) is 1. The molecule has 2 atom stereocenters. The van der Waals surface area contributed by atoms with Gasteiger partial charge in [-0.05, 0) is 12.8 Å². The molecule has 3 heterocycles. The van der Waals surface area contributed by atoms with Crippen molar-refractivity contribution in [3.8, 4) is 0 Å². The van der Waals surface area contributed by atoms with E-state index in [2.05, 4.69) is 9.97 Å². The van der Waals surface area contributed by atoms with Crippen LogP contribution in [-0.4, -0.2) is 59.7 Å². The topological polar surface area (TPSA) is 58.6 Å². The summed E-state index contributed by atoms with van der Waals surface area (Å²) >= 11 is 0. The molecule has 2 saturated heterocycles. The normalized spacial score (nSPS) is 25.6. The summed E-state index contributed by atoms with van der Waals surface area (Å²) in [5, 5.41) is 0. The van der Waals surface area contributed by atoms with Gasteiger partial charge in [0.15, 0.2) is 5.82 Å². The summed E-state index contributed by atoms with van der Waals surface area (Å²) in [5.74, 6) is -0.00266. The van der Waals surface area contributed by atoms with E-state index < -0.39 is 5.82 Å². The van der Waals surface area contributed by atoms with E-state index in [4.69, 9.17) is 4.74 Å². The second-order valence-corrected chi connectivity index (χ2v) is 5.50. The van der Waals surface area contributed by atoms with Gasteiger partial charge in [0.2, 0.25) is 11.9 Å². The number of carbonyl (C=O) groups excluding carboxylic acids is 1. The molecule has 3 rings (SSSR count). The molecule has 1 aromatic heterocycles. The number of carbonyl (C=O) groups is 1. The SMILES string of the molecule is CO[C@H]1C[C@@H](C(=O)N2CCCC2)N(c2ncc(F)cn2)C1. The lowest BCUT2D eigenvalue weighted by atomic mass is 10.1. The molecule has 0 unspecified atom stereocenters. The highest BCUT2D eigenvalue weighted by Gasteiger charge is 2.40. The van der Waals surface area contributed by atoms with Crippen LogP contribution in [0.3, 0.4) is 0 Å². The minimum absolute atomic E-state index is 0.0322. The molecule has 0 bridgehead atoms. The summed E-state index contributed by atoms with van der Waals surface area (Å²) in [7, 11) is 1.64. The Morgan fingerprint density at radius 3 is 2.62 bits per heavy atom. The summed E-state index contributed by atoms with van der Waals surface area (Å²) < 4.78 is 18.4. The molecule has 0 aromatic carbocycles. The van der Waals surface area contributed by atoms with Crippen LogP contribution in [-0.2, 0) is 9.53 Å². The number of nitrogens with zero attached hydrogens (tertiary/aromatic N) is 4. The fourth-order valence-corrected chi connectivity index (χ4v) is 3.03. The molecule has 0 saturated carbocycles. The second kappa shape index (κ2) is 5.93. The van der Waals surface area contributed by atoms with Gasteiger partial charge in [-0.3, -0.25) is 4.79 Å². The van der Waals surface area contributed by atoms with Crippen LogP contribution in [0.4, 0.5) is 10.3 Å². The number of halogens is 1. The number of anilines is 1. The van der Waals surface area contributed by atoms with E-state index in [1.54, 1.807) is 7.11 Å². The predicted octanol–water partition coefficient (Wildman–Crippen LogP) is 0.832. The van der Waals surface area contributed by atoms with E-state index >= 15 is 0 Å². The minimum atomic E-state index is -0.483. The maximum atomic E-state index is 13.0. The van der Waals surface area contributed by atoms with E-state index in [0.717, 1.165) is 38.3 Å². The third-order valence-electron chi connectivity index (χ3n) is 4.16. The van der Waals surface area contributed by atoms with Crippen LogP contribution in [0.25, 0.3) is 0 Å². The molecule has 2 fully saturated rings. The maximum Gasteiger partial charge on any atom is 0.245 e. The standard InChI is InChI=1S/C14H19FN4O2/c1-21-11-6-12(13(20)18-4-2-3-5-18)19(9-11)14-16-7-10(15)8-17-14/h7-8,11-12H,2-6,9H2,1H3/t11-,12-/m0/s1. The van der Waals surface area contributed by atoms with Gasteiger partial charge in [-0.1, -0.05) is 0 Å². The molecule has 1 aromatic rings. The lowest BCUT2D eigenvalue weighted by molar-refractivity contribution is -0.131. The molecule has 114 valence electrons. The molecule has 7 heteroatoms. The van der Waals surface area contributed by atoms with Crippen LogP contribution < -0.4 is 4.90 Å². The summed E-state index contributed by atoms with van der Waals surface area (Å²) in [6.07, 6.45) is 4.94. The molecule has 0 radical (unpaired) electrons. The average molecular weight is 294 g/mol. The smallest absolute Gasteiger partial charge is 0.245 e. The van der Waals surface area contributed by atoms with Crippen LogP contribution in [0.15, 0.2) is 12.4 Å². The van der Waals surface area contributed by atoms with Crippen molar-refractivity contribution in [2.24, 2.45) is 0 Å². The third kappa shape index (κ3) is 2.83. The lowest BCUT2D eigenvalue weighted by Crippen LogP contribution is -2.45.